The van der Waals surface area contributed by atoms with Gasteiger partial charge in [-0.25, -0.2) is 18.0 Å². The van der Waals surface area contributed by atoms with Crippen LogP contribution >= 0.6 is 22.7 Å². The number of aryl methyl sites for hydroxylation is 1. The Balaban J connectivity index is 1.55. The van der Waals surface area contributed by atoms with Crippen molar-refractivity contribution in [3.8, 4) is 0 Å². The van der Waals surface area contributed by atoms with Crippen LogP contribution in [0.3, 0.4) is 0 Å². The van der Waals surface area contributed by atoms with E-state index in [0.717, 1.165) is 34.6 Å². The number of thiophene rings is 1. The van der Waals surface area contributed by atoms with Crippen molar-refractivity contribution in [2.45, 2.75) is 39.7 Å². The molecule has 1 aromatic carbocycles. The maximum atomic E-state index is 12.8. The van der Waals surface area contributed by atoms with Gasteiger partial charge in [-0.3, -0.25) is 14.4 Å². The Morgan fingerprint density at radius 3 is 2.44 bits per heavy atom. The van der Waals surface area contributed by atoms with E-state index in [1.807, 2.05) is 0 Å². The van der Waals surface area contributed by atoms with Gasteiger partial charge in [0.2, 0.25) is 5.91 Å². The molecule has 0 fully saturated rings. The zero-order valence-corrected chi connectivity index (χ0v) is 26.0. The Bertz CT molecular complexity index is 1780. The van der Waals surface area contributed by atoms with E-state index in [9.17, 15) is 32.4 Å². The number of benzene rings is 1. The number of aromatic nitrogens is 1. The number of nitrogens with zero attached hydrogens (tertiary/aromatic N) is 2. The predicted molar refractivity (Wildman–Crippen MR) is 158 cm³/mol. The number of carbonyl (C=O) groups excluding carboxylic acids is 5. The zero-order valence-electron chi connectivity index (χ0n) is 23.6. The Kier molecular flexibility index (Phi) is 10.1. The maximum absolute atomic E-state index is 12.8. The number of esters is 3. The number of sulfone groups is 1. The summed E-state index contributed by atoms with van der Waals surface area (Å²) in [6, 6.07) is 4.58. The summed E-state index contributed by atoms with van der Waals surface area (Å²) in [6.45, 7) is 3.28. The van der Waals surface area contributed by atoms with Crippen LogP contribution in [0.2, 0.25) is 0 Å². The highest BCUT2D eigenvalue weighted by Crippen LogP contribution is 2.39. The monoisotopic (exact) mass is 651 g/mol. The summed E-state index contributed by atoms with van der Waals surface area (Å²) in [6.07, 6.45) is 2.26. The summed E-state index contributed by atoms with van der Waals surface area (Å²) in [5, 5.41) is 2.69. The van der Waals surface area contributed by atoms with Crippen molar-refractivity contribution in [2.75, 3.05) is 37.1 Å². The molecule has 13 nitrogen and oxygen atoms in total. The van der Waals surface area contributed by atoms with Crippen LogP contribution < -0.4 is 10.1 Å². The Hall–Kier alpha value is -3.89. The molecule has 0 unspecified atom stereocenters. The van der Waals surface area contributed by atoms with Gasteiger partial charge in [-0.2, -0.15) is 4.99 Å². The summed E-state index contributed by atoms with van der Waals surface area (Å²) in [5.74, 6) is -5.86. The quantitative estimate of drug-likeness (QED) is 0.239. The van der Waals surface area contributed by atoms with Crippen LogP contribution in [-0.2, 0) is 57.8 Å². The van der Waals surface area contributed by atoms with Gasteiger partial charge in [0.25, 0.3) is 5.91 Å². The summed E-state index contributed by atoms with van der Waals surface area (Å²) in [4.78, 5) is 67.1. The molecule has 0 aliphatic heterocycles. The molecule has 0 saturated heterocycles. The molecular weight excluding hydrogens is 623 g/mol. The summed E-state index contributed by atoms with van der Waals surface area (Å²) >= 11 is 2.16. The van der Waals surface area contributed by atoms with E-state index in [0.29, 0.717) is 16.6 Å². The second-order valence-electron chi connectivity index (χ2n) is 9.32. The van der Waals surface area contributed by atoms with E-state index >= 15 is 0 Å². The Morgan fingerprint density at radius 1 is 1.00 bits per heavy atom. The molecule has 1 aliphatic carbocycles. The average Bonchev–Trinajstić information content (AvgIpc) is 3.60. The molecule has 3 aromatic rings. The van der Waals surface area contributed by atoms with Gasteiger partial charge in [0.1, 0.15) is 23.1 Å². The van der Waals surface area contributed by atoms with Crippen LogP contribution in [0, 0.1) is 0 Å². The number of carbonyl (C=O) groups is 5. The van der Waals surface area contributed by atoms with Crippen LogP contribution in [0.5, 0.6) is 0 Å². The minimum Gasteiger partial charge on any atom is -0.465 e. The average molecular weight is 652 g/mol. The molecule has 1 aliphatic rings. The van der Waals surface area contributed by atoms with Gasteiger partial charge in [-0.1, -0.05) is 11.3 Å². The first-order valence-corrected chi connectivity index (χ1v) is 16.7. The fourth-order valence-corrected chi connectivity index (χ4v) is 7.93. The molecule has 0 saturated carbocycles. The number of hydrogen-bond donors (Lipinski definition) is 1. The van der Waals surface area contributed by atoms with Crippen molar-refractivity contribution < 1.29 is 46.6 Å². The highest BCUT2D eigenvalue weighted by atomic mass is 32.2. The van der Waals surface area contributed by atoms with Crippen LogP contribution in [0.25, 0.3) is 10.2 Å². The van der Waals surface area contributed by atoms with Gasteiger partial charge in [-0.15, -0.1) is 11.3 Å². The van der Waals surface area contributed by atoms with Gasteiger partial charge < -0.3 is 24.1 Å². The van der Waals surface area contributed by atoms with Crippen molar-refractivity contribution in [1.82, 2.24) is 4.57 Å². The number of hydrogen-bond acceptors (Lipinski definition) is 12. The lowest BCUT2D eigenvalue weighted by atomic mass is 10.1. The second-order valence-corrected chi connectivity index (χ2v) is 13.5. The van der Waals surface area contributed by atoms with Gasteiger partial charge in [-0.05, 0) is 56.9 Å². The number of amides is 2. The van der Waals surface area contributed by atoms with Crippen molar-refractivity contribution in [2.24, 2.45) is 4.99 Å². The Morgan fingerprint density at radius 2 is 1.74 bits per heavy atom. The Labute approximate surface area is 254 Å². The predicted octanol–water partition coefficient (Wildman–Crippen LogP) is 2.26. The maximum Gasteiger partial charge on any atom is 0.341 e. The van der Waals surface area contributed by atoms with Crippen LogP contribution in [0.4, 0.5) is 5.00 Å². The normalized spacial score (nSPS) is 13.0. The highest BCUT2D eigenvalue weighted by Gasteiger charge is 2.29. The lowest BCUT2D eigenvalue weighted by Gasteiger charge is -2.07. The molecule has 4 rings (SSSR count). The third-order valence-electron chi connectivity index (χ3n) is 6.26. The fraction of sp³-hybridized carbons (Fsp3) is 0.407. The molecule has 0 radical (unpaired) electrons. The summed E-state index contributed by atoms with van der Waals surface area (Å²) in [7, 11) is -3.06. The topological polar surface area (TPSA) is 176 Å². The van der Waals surface area contributed by atoms with Crippen molar-refractivity contribution in [3.05, 3.63) is 44.6 Å². The highest BCUT2D eigenvalue weighted by molar-refractivity contribution is 7.92. The number of thiazole rings is 1. The van der Waals surface area contributed by atoms with E-state index in [1.54, 1.807) is 19.9 Å². The molecule has 2 amide bonds. The molecular formula is C27H29N3O10S3. The molecule has 1 N–H and O–H groups in total. The van der Waals surface area contributed by atoms with Crippen LogP contribution in [0.15, 0.2) is 23.2 Å². The number of fused-ring (bicyclic) bond motifs is 2. The molecule has 0 bridgehead atoms. The van der Waals surface area contributed by atoms with E-state index in [2.05, 4.69) is 10.3 Å². The number of nitrogens with one attached hydrogen (secondary N) is 1. The van der Waals surface area contributed by atoms with Crippen molar-refractivity contribution in [1.29, 1.82) is 0 Å². The van der Waals surface area contributed by atoms with Crippen molar-refractivity contribution >= 4 is 77.5 Å². The van der Waals surface area contributed by atoms with E-state index in [-0.39, 0.29) is 40.7 Å². The minimum absolute atomic E-state index is 0.00420. The third-order valence-corrected chi connectivity index (χ3v) is 9.90. The smallest absolute Gasteiger partial charge is 0.341 e. The molecule has 2 heterocycles. The zero-order chi connectivity index (χ0) is 31.3. The first-order valence-electron chi connectivity index (χ1n) is 13.2. The van der Waals surface area contributed by atoms with Gasteiger partial charge >= 0.3 is 17.9 Å². The molecule has 16 heteroatoms. The molecule has 230 valence electrons. The lowest BCUT2D eigenvalue weighted by molar-refractivity contribution is -0.143. The first kappa shape index (κ1) is 32.0. The van der Waals surface area contributed by atoms with Crippen LogP contribution in [0.1, 0.15) is 51.4 Å². The molecule has 2 aromatic heterocycles. The largest absolute Gasteiger partial charge is 0.465 e. The fourth-order valence-electron chi connectivity index (χ4n) is 4.54. The summed E-state index contributed by atoms with van der Waals surface area (Å²) in [5.41, 5.74) is 1.72. The standard InChI is InChI=1S/C27H29N3O10S3/c1-4-39-22(33)12-30-17-10-9-15(25(34)40-5-2)11-19(17)42-27(30)29-21(32)14-43(36,37)13-20(31)28-24-23(26(35)38-3)16-7-6-8-18(16)41-24/h9-11H,4-8,12-14H2,1-3H3,(H,28,31). The van der Waals surface area contributed by atoms with Gasteiger partial charge in [0.15, 0.2) is 14.6 Å². The number of rotatable bonds is 11. The van der Waals surface area contributed by atoms with Crippen molar-refractivity contribution in [3.63, 3.8) is 0 Å². The third kappa shape index (κ3) is 7.55. The van der Waals surface area contributed by atoms with E-state index in [1.165, 1.54) is 35.1 Å². The molecule has 43 heavy (non-hydrogen) atoms. The number of methoxy groups -OCH3 is 1. The van der Waals surface area contributed by atoms with Gasteiger partial charge in [0, 0.05) is 4.88 Å². The molecule has 0 spiro atoms. The SMILES string of the molecule is CCOC(=O)Cn1c(=NC(=O)CS(=O)(=O)CC(=O)Nc2sc3c(c2C(=O)OC)CCC3)sc2cc(C(=O)OCC)ccc21. The molecule has 0 atom stereocenters. The van der Waals surface area contributed by atoms with E-state index in [4.69, 9.17) is 14.2 Å². The first-order chi connectivity index (χ1) is 20.5. The van der Waals surface area contributed by atoms with Crippen LogP contribution in [-0.4, -0.2) is 74.5 Å². The minimum atomic E-state index is -4.28. The number of anilines is 1. The second kappa shape index (κ2) is 13.6. The number of ether oxygens (including phenoxy) is 3. The van der Waals surface area contributed by atoms with Gasteiger partial charge in [0.05, 0.1) is 41.7 Å². The summed E-state index contributed by atoms with van der Waals surface area (Å²) < 4.78 is 42.3. The van der Waals surface area contributed by atoms with E-state index < -0.39 is 51.1 Å². The lowest BCUT2D eigenvalue weighted by Crippen LogP contribution is -2.29.